The molecular formula is C16H14BrFN2. The van der Waals surface area contributed by atoms with E-state index in [1.165, 1.54) is 6.07 Å². The van der Waals surface area contributed by atoms with Crippen LogP contribution in [0.4, 0.5) is 4.39 Å². The molecule has 0 fully saturated rings. The summed E-state index contributed by atoms with van der Waals surface area (Å²) >= 11 is 3.43. The van der Waals surface area contributed by atoms with E-state index in [0.717, 1.165) is 10.0 Å². The summed E-state index contributed by atoms with van der Waals surface area (Å²) in [6.07, 6.45) is 0. The standard InChI is InChI=1S/C16H14BrFN2/c1-11(12-4-3-7-15(17)8-12)20-10-14-6-2-5-13(9-19)16(14)18/h2-8,11,20H,10H2,1H3/t11-/m1/s1. The van der Waals surface area contributed by atoms with Gasteiger partial charge in [-0.1, -0.05) is 40.2 Å². The van der Waals surface area contributed by atoms with Crippen molar-refractivity contribution in [2.75, 3.05) is 0 Å². The molecule has 4 heteroatoms. The number of nitrogens with one attached hydrogen (secondary N) is 1. The molecule has 0 aromatic heterocycles. The van der Waals surface area contributed by atoms with Gasteiger partial charge in [0.1, 0.15) is 11.9 Å². The molecule has 2 nitrogen and oxygen atoms in total. The lowest BCUT2D eigenvalue weighted by molar-refractivity contribution is 0.543. The second kappa shape index (κ2) is 6.65. The number of halogens is 2. The molecule has 102 valence electrons. The number of nitriles is 1. The highest BCUT2D eigenvalue weighted by atomic mass is 79.9. The first-order valence-corrected chi connectivity index (χ1v) is 7.07. The van der Waals surface area contributed by atoms with Crippen molar-refractivity contribution in [2.45, 2.75) is 19.5 Å². The highest BCUT2D eigenvalue weighted by Gasteiger charge is 2.10. The van der Waals surface area contributed by atoms with Crippen molar-refractivity contribution in [2.24, 2.45) is 0 Å². The van der Waals surface area contributed by atoms with Gasteiger partial charge in [0, 0.05) is 22.6 Å². The largest absolute Gasteiger partial charge is 0.306 e. The quantitative estimate of drug-likeness (QED) is 0.905. The maximum atomic E-state index is 13.9. The van der Waals surface area contributed by atoms with Crippen LogP contribution in [0.2, 0.25) is 0 Å². The summed E-state index contributed by atoms with van der Waals surface area (Å²) in [5, 5.41) is 12.1. The Kier molecular flexibility index (Phi) is 4.89. The van der Waals surface area contributed by atoms with Gasteiger partial charge in [-0.15, -0.1) is 0 Å². The van der Waals surface area contributed by atoms with Gasteiger partial charge in [-0.25, -0.2) is 4.39 Å². The lowest BCUT2D eigenvalue weighted by Gasteiger charge is -2.15. The van der Waals surface area contributed by atoms with Crippen LogP contribution in [0.25, 0.3) is 0 Å². The molecule has 0 bridgehead atoms. The second-order valence-corrected chi connectivity index (χ2v) is 5.46. The smallest absolute Gasteiger partial charge is 0.145 e. The number of hydrogen-bond acceptors (Lipinski definition) is 2. The third kappa shape index (κ3) is 3.44. The fourth-order valence-electron chi connectivity index (χ4n) is 1.96. The molecule has 0 aliphatic carbocycles. The average molecular weight is 333 g/mol. The predicted octanol–water partition coefficient (Wildman–Crippen LogP) is 4.31. The zero-order valence-electron chi connectivity index (χ0n) is 11.0. The fourth-order valence-corrected chi connectivity index (χ4v) is 2.38. The second-order valence-electron chi connectivity index (χ2n) is 4.55. The fraction of sp³-hybridized carbons (Fsp3) is 0.188. The van der Waals surface area contributed by atoms with Gasteiger partial charge in [0.25, 0.3) is 0 Å². The van der Waals surface area contributed by atoms with Crippen LogP contribution in [-0.4, -0.2) is 0 Å². The monoisotopic (exact) mass is 332 g/mol. The molecule has 0 amide bonds. The van der Waals surface area contributed by atoms with E-state index >= 15 is 0 Å². The first-order valence-electron chi connectivity index (χ1n) is 6.28. The Hall–Kier alpha value is -1.70. The van der Waals surface area contributed by atoms with Gasteiger partial charge in [-0.2, -0.15) is 5.26 Å². The van der Waals surface area contributed by atoms with Crippen LogP contribution in [0.3, 0.4) is 0 Å². The van der Waals surface area contributed by atoms with Crippen molar-refractivity contribution in [3.8, 4) is 6.07 Å². The maximum Gasteiger partial charge on any atom is 0.145 e. The Morgan fingerprint density at radius 3 is 2.75 bits per heavy atom. The molecule has 2 aromatic rings. The lowest BCUT2D eigenvalue weighted by atomic mass is 10.1. The van der Waals surface area contributed by atoms with E-state index in [4.69, 9.17) is 5.26 Å². The summed E-state index contributed by atoms with van der Waals surface area (Å²) in [7, 11) is 0. The third-order valence-corrected chi connectivity index (χ3v) is 3.64. The molecular weight excluding hydrogens is 319 g/mol. The summed E-state index contributed by atoms with van der Waals surface area (Å²) in [5.74, 6) is -0.441. The average Bonchev–Trinajstić information content (AvgIpc) is 2.46. The van der Waals surface area contributed by atoms with Crippen LogP contribution in [-0.2, 0) is 6.54 Å². The maximum absolute atomic E-state index is 13.9. The van der Waals surface area contributed by atoms with Gasteiger partial charge in [0.15, 0.2) is 0 Å². The summed E-state index contributed by atoms with van der Waals surface area (Å²) in [6.45, 7) is 2.41. The molecule has 2 rings (SSSR count). The SMILES string of the molecule is C[C@@H](NCc1cccc(C#N)c1F)c1cccc(Br)c1. The minimum atomic E-state index is -0.441. The molecule has 0 saturated heterocycles. The van der Waals surface area contributed by atoms with Gasteiger partial charge in [-0.05, 0) is 30.7 Å². The highest BCUT2D eigenvalue weighted by Crippen LogP contribution is 2.19. The summed E-state index contributed by atoms with van der Waals surface area (Å²) in [6, 6.07) is 14.8. The molecule has 0 spiro atoms. The van der Waals surface area contributed by atoms with Crippen LogP contribution in [0.5, 0.6) is 0 Å². The van der Waals surface area contributed by atoms with E-state index in [1.54, 1.807) is 12.1 Å². The molecule has 1 atom stereocenters. The van der Waals surface area contributed by atoms with Crippen molar-refractivity contribution >= 4 is 15.9 Å². The zero-order chi connectivity index (χ0) is 14.5. The Bertz CT molecular complexity index is 649. The Morgan fingerprint density at radius 1 is 1.30 bits per heavy atom. The molecule has 2 aromatic carbocycles. The molecule has 0 saturated carbocycles. The van der Waals surface area contributed by atoms with Crippen molar-refractivity contribution in [3.63, 3.8) is 0 Å². The van der Waals surface area contributed by atoms with E-state index in [0.29, 0.717) is 12.1 Å². The molecule has 0 unspecified atom stereocenters. The van der Waals surface area contributed by atoms with Crippen LogP contribution in [0.1, 0.15) is 29.7 Å². The van der Waals surface area contributed by atoms with Crippen LogP contribution in [0.15, 0.2) is 46.9 Å². The van der Waals surface area contributed by atoms with E-state index < -0.39 is 5.82 Å². The zero-order valence-corrected chi connectivity index (χ0v) is 12.6. The molecule has 0 aliphatic rings. The molecule has 0 aliphatic heterocycles. The van der Waals surface area contributed by atoms with Gasteiger partial charge < -0.3 is 5.32 Å². The summed E-state index contributed by atoms with van der Waals surface area (Å²) in [5.41, 5.74) is 1.71. The summed E-state index contributed by atoms with van der Waals surface area (Å²) in [4.78, 5) is 0. The number of nitrogens with zero attached hydrogens (tertiary/aromatic N) is 1. The molecule has 0 radical (unpaired) electrons. The van der Waals surface area contributed by atoms with Gasteiger partial charge in [-0.3, -0.25) is 0 Å². The topological polar surface area (TPSA) is 35.8 Å². The normalized spacial score (nSPS) is 11.9. The number of benzene rings is 2. The van der Waals surface area contributed by atoms with Crippen LogP contribution in [0, 0.1) is 17.1 Å². The van der Waals surface area contributed by atoms with Crippen LogP contribution >= 0.6 is 15.9 Å². The Labute approximate surface area is 126 Å². The van der Waals surface area contributed by atoms with Crippen molar-refractivity contribution in [3.05, 3.63) is 69.4 Å². The Balaban J connectivity index is 2.08. The van der Waals surface area contributed by atoms with E-state index in [2.05, 4.69) is 21.2 Å². The van der Waals surface area contributed by atoms with Crippen LogP contribution < -0.4 is 5.32 Å². The van der Waals surface area contributed by atoms with Gasteiger partial charge in [0.2, 0.25) is 0 Å². The van der Waals surface area contributed by atoms with Crippen molar-refractivity contribution < 1.29 is 4.39 Å². The first-order chi connectivity index (χ1) is 9.61. The van der Waals surface area contributed by atoms with Crippen molar-refractivity contribution in [1.29, 1.82) is 5.26 Å². The molecule has 0 heterocycles. The van der Waals surface area contributed by atoms with E-state index in [9.17, 15) is 4.39 Å². The highest BCUT2D eigenvalue weighted by molar-refractivity contribution is 9.10. The first kappa shape index (κ1) is 14.7. The Morgan fingerprint density at radius 2 is 2.05 bits per heavy atom. The third-order valence-electron chi connectivity index (χ3n) is 3.15. The van der Waals surface area contributed by atoms with Gasteiger partial charge in [0.05, 0.1) is 5.56 Å². The minimum Gasteiger partial charge on any atom is -0.306 e. The van der Waals surface area contributed by atoms with E-state index in [1.807, 2.05) is 37.3 Å². The minimum absolute atomic E-state index is 0.0828. The number of rotatable bonds is 4. The van der Waals surface area contributed by atoms with Gasteiger partial charge >= 0.3 is 0 Å². The molecule has 1 N–H and O–H groups in total. The lowest BCUT2D eigenvalue weighted by Crippen LogP contribution is -2.19. The van der Waals surface area contributed by atoms with Crippen molar-refractivity contribution in [1.82, 2.24) is 5.32 Å². The van der Waals surface area contributed by atoms with E-state index in [-0.39, 0.29) is 11.6 Å². The number of hydrogen-bond donors (Lipinski definition) is 1. The predicted molar refractivity (Wildman–Crippen MR) is 80.5 cm³/mol. The molecule has 20 heavy (non-hydrogen) atoms. The summed E-state index contributed by atoms with van der Waals surface area (Å²) < 4.78 is 14.9.